The molecule has 0 saturated carbocycles. The van der Waals surface area contributed by atoms with Crippen LogP contribution in [0.25, 0.3) is 0 Å². The van der Waals surface area contributed by atoms with E-state index < -0.39 is 0 Å². The van der Waals surface area contributed by atoms with Gasteiger partial charge in [0.05, 0.1) is 6.61 Å². The van der Waals surface area contributed by atoms with Gasteiger partial charge < -0.3 is 4.74 Å². The van der Waals surface area contributed by atoms with E-state index in [1.165, 1.54) is 11.8 Å². The molecule has 0 amide bonds. The van der Waals surface area contributed by atoms with E-state index in [0.29, 0.717) is 5.25 Å². The lowest BCUT2D eigenvalue weighted by molar-refractivity contribution is 0.102. The quantitative estimate of drug-likeness (QED) is 0.520. The Bertz CT molecular complexity index is 115. The molecule has 0 aliphatic carbocycles. The minimum absolute atomic E-state index is 0.434. The summed E-state index contributed by atoms with van der Waals surface area (Å²) < 4.78 is 5.16. The van der Waals surface area contributed by atoms with Crippen molar-refractivity contribution in [2.24, 2.45) is 0 Å². The molecule has 1 aliphatic heterocycles. The van der Waals surface area contributed by atoms with Crippen LogP contribution in [0.2, 0.25) is 0 Å². The standard InChI is InChI=1S/C6H9NOS/c7-5-9-6-2-1-3-8-4-6/h6H,1-4H2. The van der Waals surface area contributed by atoms with E-state index in [1.807, 2.05) is 0 Å². The van der Waals surface area contributed by atoms with E-state index in [2.05, 4.69) is 5.40 Å². The number of rotatable bonds is 1. The summed E-state index contributed by atoms with van der Waals surface area (Å²) >= 11 is 1.33. The third-order valence-corrected chi connectivity index (χ3v) is 2.15. The van der Waals surface area contributed by atoms with Crippen LogP contribution in [-0.4, -0.2) is 18.5 Å². The molecule has 0 bridgehead atoms. The Hall–Kier alpha value is -0.200. The highest BCUT2D eigenvalue weighted by Gasteiger charge is 2.13. The van der Waals surface area contributed by atoms with Gasteiger partial charge in [0, 0.05) is 11.9 Å². The second kappa shape index (κ2) is 3.76. The first-order valence-electron chi connectivity index (χ1n) is 3.06. The average Bonchev–Trinajstić information content (AvgIpc) is 1.91. The van der Waals surface area contributed by atoms with Gasteiger partial charge in [-0.05, 0) is 24.6 Å². The molecule has 2 nitrogen and oxygen atoms in total. The number of nitriles is 1. The second-order valence-corrected chi connectivity index (χ2v) is 3.13. The number of thiocyanates is 1. The smallest absolute Gasteiger partial charge is 0.133 e. The van der Waals surface area contributed by atoms with E-state index in [0.717, 1.165) is 26.1 Å². The van der Waals surface area contributed by atoms with E-state index in [-0.39, 0.29) is 0 Å². The molecular weight excluding hydrogens is 134 g/mol. The summed E-state index contributed by atoms with van der Waals surface area (Å²) in [6.07, 6.45) is 2.25. The fourth-order valence-corrected chi connectivity index (χ4v) is 1.48. The molecule has 1 unspecified atom stereocenters. The number of hydrogen-bond acceptors (Lipinski definition) is 3. The van der Waals surface area contributed by atoms with Crippen molar-refractivity contribution >= 4 is 11.8 Å². The molecule has 0 aromatic heterocycles. The molecule has 1 atom stereocenters. The summed E-state index contributed by atoms with van der Waals surface area (Å²) in [6.45, 7) is 1.64. The van der Waals surface area contributed by atoms with Gasteiger partial charge in [-0.25, -0.2) is 0 Å². The highest BCUT2D eigenvalue weighted by atomic mass is 32.2. The maximum absolute atomic E-state index is 8.28. The molecule has 9 heavy (non-hydrogen) atoms. The van der Waals surface area contributed by atoms with E-state index >= 15 is 0 Å². The molecule has 0 N–H and O–H groups in total. The molecule has 50 valence electrons. The van der Waals surface area contributed by atoms with Crippen molar-refractivity contribution < 1.29 is 4.74 Å². The van der Waals surface area contributed by atoms with Gasteiger partial charge in [0.1, 0.15) is 5.40 Å². The zero-order valence-electron chi connectivity index (χ0n) is 5.17. The number of ether oxygens (including phenoxy) is 1. The van der Waals surface area contributed by atoms with Gasteiger partial charge in [-0.2, -0.15) is 5.26 Å². The van der Waals surface area contributed by atoms with Gasteiger partial charge in [0.25, 0.3) is 0 Å². The lowest BCUT2D eigenvalue weighted by Gasteiger charge is -2.17. The molecule has 1 fully saturated rings. The van der Waals surface area contributed by atoms with Crippen LogP contribution in [0.5, 0.6) is 0 Å². The van der Waals surface area contributed by atoms with Crippen LogP contribution in [-0.2, 0) is 4.74 Å². The third-order valence-electron chi connectivity index (χ3n) is 1.34. The Morgan fingerprint density at radius 1 is 1.67 bits per heavy atom. The molecule has 1 heterocycles. The third kappa shape index (κ3) is 2.25. The Morgan fingerprint density at radius 3 is 3.11 bits per heavy atom. The molecule has 3 heteroatoms. The van der Waals surface area contributed by atoms with Crippen molar-refractivity contribution in [2.75, 3.05) is 13.2 Å². The minimum Gasteiger partial charge on any atom is -0.380 e. The molecule has 0 radical (unpaired) electrons. The molecule has 1 saturated heterocycles. The van der Waals surface area contributed by atoms with Crippen molar-refractivity contribution in [1.82, 2.24) is 0 Å². The predicted octanol–water partition coefficient (Wildman–Crippen LogP) is 1.38. The monoisotopic (exact) mass is 143 g/mol. The van der Waals surface area contributed by atoms with E-state index in [9.17, 15) is 0 Å². The van der Waals surface area contributed by atoms with Crippen molar-refractivity contribution in [2.45, 2.75) is 18.1 Å². The lowest BCUT2D eigenvalue weighted by atomic mass is 10.2. The summed E-state index contributed by atoms with van der Waals surface area (Å²) in [4.78, 5) is 0. The maximum Gasteiger partial charge on any atom is 0.133 e. The van der Waals surface area contributed by atoms with Gasteiger partial charge in [0.15, 0.2) is 0 Å². The van der Waals surface area contributed by atoms with Crippen molar-refractivity contribution in [3.8, 4) is 5.40 Å². The maximum atomic E-state index is 8.28. The van der Waals surface area contributed by atoms with Crippen molar-refractivity contribution in [1.29, 1.82) is 5.26 Å². The van der Waals surface area contributed by atoms with Crippen LogP contribution in [0.1, 0.15) is 12.8 Å². The minimum atomic E-state index is 0.434. The first-order valence-corrected chi connectivity index (χ1v) is 3.94. The van der Waals surface area contributed by atoms with E-state index in [1.54, 1.807) is 0 Å². The molecular formula is C6H9NOS. The zero-order valence-corrected chi connectivity index (χ0v) is 5.99. The summed E-state index contributed by atoms with van der Waals surface area (Å²) in [6, 6.07) is 0. The Morgan fingerprint density at radius 2 is 2.56 bits per heavy atom. The van der Waals surface area contributed by atoms with Crippen LogP contribution in [0.3, 0.4) is 0 Å². The Balaban J connectivity index is 2.17. The second-order valence-electron chi connectivity index (χ2n) is 2.05. The summed E-state index contributed by atoms with van der Waals surface area (Å²) in [7, 11) is 0. The van der Waals surface area contributed by atoms with E-state index in [4.69, 9.17) is 10.00 Å². The van der Waals surface area contributed by atoms with Gasteiger partial charge in [-0.1, -0.05) is 0 Å². The number of thioether (sulfide) groups is 1. The molecule has 0 aromatic rings. The summed E-state index contributed by atoms with van der Waals surface area (Å²) in [5, 5.41) is 10.8. The fourth-order valence-electron chi connectivity index (χ4n) is 0.879. The lowest BCUT2D eigenvalue weighted by Crippen LogP contribution is -2.18. The van der Waals surface area contributed by atoms with Gasteiger partial charge in [-0.3, -0.25) is 0 Å². The highest BCUT2D eigenvalue weighted by Crippen LogP contribution is 2.18. The van der Waals surface area contributed by atoms with Crippen LogP contribution in [0, 0.1) is 10.7 Å². The predicted molar refractivity (Wildman–Crippen MR) is 37.0 cm³/mol. The number of hydrogen-bond donors (Lipinski definition) is 0. The summed E-state index contributed by atoms with van der Waals surface area (Å²) in [5.74, 6) is 0. The number of nitrogens with zero attached hydrogens (tertiary/aromatic N) is 1. The molecule has 1 aliphatic rings. The van der Waals surface area contributed by atoms with Gasteiger partial charge in [-0.15, -0.1) is 0 Å². The Labute approximate surface area is 59.2 Å². The SMILES string of the molecule is N#CSC1CCCOC1. The molecule has 0 spiro atoms. The van der Waals surface area contributed by atoms with Crippen LogP contribution >= 0.6 is 11.8 Å². The van der Waals surface area contributed by atoms with Gasteiger partial charge >= 0.3 is 0 Å². The highest BCUT2D eigenvalue weighted by molar-refractivity contribution is 8.04. The fraction of sp³-hybridized carbons (Fsp3) is 0.833. The first kappa shape index (κ1) is 6.91. The van der Waals surface area contributed by atoms with Crippen LogP contribution < -0.4 is 0 Å². The van der Waals surface area contributed by atoms with Crippen LogP contribution in [0.15, 0.2) is 0 Å². The zero-order chi connectivity index (χ0) is 6.53. The van der Waals surface area contributed by atoms with Crippen molar-refractivity contribution in [3.05, 3.63) is 0 Å². The summed E-state index contributed by atoms with van der Waals surface area (Å²) in [5.41, 5.74) is 0. The molecule has 0 aromatic carbocycles. The topological polar surface area (TPSA) is 33.0 Å². The largest absolute Gasteiger partial charge is 0.380 e. The normalized spacial score (nSPS) is 27.2. The van der Waals surface area contributed by atoms with Crippen LogP contribution in [0.4, 0.5) is 0 Å². The van der Waals surface area contributed by atoms with Crippen molar-refractivity contribution in [3.63, 3.8) is 0 Å². The average molecular weight is 143 g/mol. The Kier molecular flexibility index (Phi) is 2.88. The molecule has 1 rings (SSSR count). The van der Waals surface area contributed by atoms with Gasteiger partial charge in [0.2, 0.25) is 0 Å². The first-order chi connectivity index (χ1) is 4.43.